The lowest BCUT2D eigenvalue weighted by atomic mass is 10.2. The highest BCUT2D eigenvalue weighted by molar-refractivity contribution is 5.91. The van der Waals surface area contributed by atoms with Gasteiger partial charge < -0.3 is 20.3 Å². The number of nitrogens with one attached hydrogen (secondary N) is 2. The van der Waals surface area contributed by atoms with Crippen molar-refractivity contribution in [3.63, 3.8) is 0 Å². The predicted molar refractivity (Wildman–Crippen MR) is 95.5 cm³/mol. The van der Waals surface area contributed by atoms with Crippen molar-refractivity contribution < 1.29 is 9.53 Å². The largest absolute Gasteiger partial charge is 0.497 e. The molecule has 2 aromatic carbocycles. The van der Waals surface area contributed by atoms with E-state index in [1.807, 2.05) is 67.5 Å². The number of benzene rings is 2. The van der Waals surface area contributed by atoms with Gasteiger partial charge in [0.1, 0.15) is 5.75 Å². The lowest BCUT2D eigenvalue weighted by Crippen LogP contribution is -2.16. The van der Waals surface area contributed by atoms with Crippen molar-refractivity contribution in [1.82, 2.24) is 0 Å². The number of rotatable bonds is 7. The maximum absolute atomic E-state index is 11.9. The lowest BCUT2D eigenvalue weighted by molar-refractivity contribution is -0.115. The van der Waals surface area contributed by atoms with E-state index >= 15 is 0 Å². The minimum Gasteiger partial charge on any atom is -0.497 e. The molecule has 0 saturated carbocycles. The highest BCUT2D eigenvalue weighted by Gasteiger charge is 2.03. The standard InChI is InChI=1S/C18H23N3O2/c1-21(2)16-8-4-15(5-9-16)20-18(22)12-13-19-14-6-10-17(23-3)11-7-14/h4-11,19H,12-13H2,1-3H3,(H,20,22). The van der Waals surface area contributed by atoms with E-state index in [0.29, 0.717) is 13.0 Å². The van der Waals surface area contributed by atoms with Crippen LogP contribution in [0, 0.1) is 0 Å². The molecule has 0 heterocycles. The predicted octanol–water partition coefficient (Wildman–Crippen LogP) is 3.20. The normalized spacial score (nSPS) is 10.0. The van der Waals surface area contributed by atoms with Crippen LogP contribution < -0.4 is 20.3 Å². The van der Waals surface area contributed by atoms with Crippen LogP contribution in [-0.2, 0) is 4.79 Å². The van der Waals surface area contributed by atoms with Crippen molar-refractivity contribution >= 4 is 23.0 Å². The van der Waals surface area contributed by atoms with Crippen molar-refractivity contribution in [3.8, 4) is 5.75 Å². The van der Waals surface area contributed by atoms with Gasteiger partial charge in [-0.2, -0.15) is 0 Å². The zero-order valence-corrected chi connectivity index (χ0v) is 13.8. The summed E-state index contributed by atoms with van der Waals surface area (Å²) < 4.78 is 5.11. The van der Waals surface area contributed by atoms with Gasteiger partial charge in [0.15, 0.2) is 0 Å². The number of carbonyl (C=O) groups excluding carboxylic acids is 1. The summed E-state index contributed by atoms with van der Waals surface area (Å²) in [5, 5.41) is 6.11. The summed E-state index contributed by atoms with van der Waals surface area (Å²) in [6.07, 6.45) is 0.404. The first-order valence-corrected chi connectivity index (χ1v) is 7.53. The Morgan fingerprint density at radius 2 is 1.61 bits per heavy atom. The summed E-state index contributed by atoms with van der Waals surface area (Å²) >= 11 is 0. The number of carbonyl (C=O) groups is 1. The van der Waals surface area contributed by atoms with E-state index in [0.717, 1.165) is 22.8 Å². The Hall–Kier alpha value is -2.69. The molecule has 0 atom stereocenters. The number of methoxy groups -OCH3 is 1. The number of nitrogens with zero attached hydrogens (tertiary/aromatic N) is 1. The molecule has 2 aromatic rings. The Bertz CT molecular complexity index is 622. The summed E-state index contributed by atoms with van der Waals surface area (Å²) in [5.74, 6) is 0.804. The van der Waals surface area contributed by atoms with Crippen LogP contribution in [0.1, 0.15) is 6.42 Å². The van der Waals surface area contributed by atoms with E-state index in [1.54, 1.807) is 7.11 Å². The SMILES string of the molecule is COc1ccc(NCCC(=O)Nc2ccc(N(C)C)cc2)cc1. The van der Waals surface area contributed by atoms with E-state index in [4.69, 9.17) is 4.74 Å². The summed E-state index contributed by atoms with van der Waals surface area (Å²) in [5.41, 5.74) is 2.88. The summed E-state index contributed by atoms with van der Waals surface area (Å²) in [6.45, 7) is 0.577. The van der Waals surface area contributed by atoms with Crippen LogP contribution in [0.25, 0.3) is 0 Å². The molecule has 1 amide bonds. The lowest BCUT2D eigenvalue weighted by Gasteiger charge is -2.13. The van der Waals surface area contributed by atoms with Crippen LogP contribution in [0.3, 0.4) is 0 Å². The summed E-state index contributed by atoms with van der Waals surface area (Å²) in [7, 11) is 5.61. The molecule has 5 heteroatoms. The topological polar surface area (TPSA) is 53.6 Å². The van der Waals surface area contributed by atoms with E-state index < -0.39 is 0 Å². The minimum atomic E-state index is -0.0105. The number of anilines is 3. The van der Waals surface area contributed by atoms with E-state index in [9.17, 15) is 4.79 Å². The molecule has 0 bridgehead atoms. The van der Waals surface area contributed by atoms with Crippen molar-refractivity contribution in [2.75, 3.05) is 43.3 Å². The Morgan fingerprint density at radius 1 is 1.00 bits per heavy atom. The van der Waals surface area contributed by atoms with Crippen LogP contribution in [-0.4, -0.2) is 33.7 Å². The van der Waals surface area contributed by atoms with Gasteiger partial charge in [-0.1, -0.05) is 0 Å². The Labute approximate surface area is 137 Å². The van der Waals surface area contributed by atoms with Crippen LogP contribution in [0.5, 0.6) is 5.75 Å². The fraction of sp³-hybridized carbons (Fsp3) is 0.278. The number of amides is 1. The molecule has 0 aromatic heterocycles. The van der Waals surface area contributed by atoms with Gasteiger partial charge in [0.05, 0.1) is 7.11 Å². The second-order valence-corrected chi connectivity index (χ2v) is 5.39. The van der Waals surface area contributed by atoms with Crippen molar-refractivity contribution in [2.45, 2.75) is 6.42 Å². The zero-order chi connectivity index (χ0) is 16.7. The average Bonchev–Trinajstić information content (AvgIpc) is 2.56. The van der Waals surface area contributed by atoms with Gasteiger partial charge in [0.2, 0.25) is 5.91 Å². The van der Waals surface area contributed by atoms with Crippen LogP contribution in [0.2, 0.25) is 0 Å². The molecule has 23 heavy (non-hydrogen) atoms. The third-order valence-electron chi connectivity index (χ3n) is 3.44. The Morgan fingerprint density at radius 3 is 2.17 bits per heavy atom. The molecule has 0 radical (unpaired) electrons. The fourth-order valence-electron chi connectivity index (χ4n) is 2.10. The van der Waals surface area contributed by atoms with Gasteiger partial charge >= 0.3 is 0 Å². The molecule has 0 aliphatic heterocycles. The Balaban J connectivity index is 1.76. The summed E-state index contributed by atoms with van der Waals surface area (Å²) in [6, 6.07) is 15.4. The maximum atomic E-state index is 11.9. The van der Waals surface area contributed by atoms with Crippen molar-refractivity contribution in [1.29, 1.82) is 0 Å². The number of hydrogen-bond acceptors (Lipinski definition) is 4. The molecule has 0 aliphatic rings. The maximum Gasteiger partial charge on any atom is 0.226 e. The van der Waals surface area contributed by atoms with Crippen molar-refractivity contribution in [2.24, 2.45) is 0 Å². The first-order chi connectivity index (χ1) is 11.1. The molecule has 0 aliphatic carbocycles. The Kier molecular flexibility index (Phi) is 5.86. The van der Waals surface area contributed by atoms with E-state index in [2.05, 4.69) is 10.6 Å². The van der Waals surface area contributed by atoms with Gasteiger partial charge in [-0.05, 0) is 48.5 Å². The molecule has 0 saturated heterocycles. The molecule has 2 N–H and O–H groups in total. The monoisotopic (exact) mass is 313 g/mol. The van der Waals surface area contributed by atoms with Gasteiger partial charge in [-0.25, -0.2) is 0 Å². The molecule has 0 fully saturated rings. The van der Waals surface area contributed by atoms with Crippen LogP contribution >= 0.6 is 0 Å². The van der Waals surface area contributed by atoms with Gasteiger partial charge in [-0.15, -0.1) is 0 Å². The van der Waals surface area contributed by atoms with Gasteiger partial charge in [0, 0.05) is 44.1 Å². The highest BCUT2D eigenvalue weighted by atomic mass is 16.5. The van der Waals surface area contributed by atoms with E-state index in [1.165, 1.54) is 0 Å². The molecule has 122 valence electrons. The summed E-state index contributed by atoms with van der Waals surface area (Å²) in [4.78, 5) is 14.0. The van der Waals surface area contributed by atoms with Gasteiger partial charge in [0.25, 0.3) is 0 Å². The molecular weight excluding hydrogens is 290 g/mol. The highest BCUT2D eigenvalue weighted by Crippen LogP contribution is 2.16. The third kappa shape index (κ3) is 5.21. The third-order valence-corrected chi connectivity index (χ3v) is 3.44. The molecule has 5 nitrogen and oxygen atoms in total. The number of ether oxygens (including phenoxy) is 1. The molecule has 2 rings (SSSR count). The smallest absolute Gasteiger partial charge is 0.226 e. The first kappa shape index (κ1) is 16.7. The van der Waals surface area contributed by atoms with Crippen LogP contribution in [0.4, 0.5) is 17.1 Å². The second kappa shape index (κ2) is 8.08. The molecule has 0 spiro atoms. The zero-order valence-electron chi connectivity index (χ0n) is 13.8. The fourth-order valence-corrected chi connectivity index (χ4v) is 2.10. The average molecular weight is 313 g/mol. The second-order valence-electron chi connectivity index (χ2n) is 5.39. The first-order valence-electron chi connectivity index (χ1n) is 7.53. The van der Waals surface area contributed by atoms with Crippen LogP contribution in [0.15, 0.2) is 48.5 Å². The van der Waals surface area contributed by atoms with Gasteiger partial charge in [-0.3, -0.25) is 4.79 Å². The quantitative estimate of drug-likeness (QED) is 0.824. The van der Waals surface area contributed by atoms with Crippen molar-refractivity contribution in [3.05, 3.63) is 48.5 Å². The minimum absolute atomic E-state index is 0.0105. The number of hydrogen-bond donors (Lipinski definition) is 2. The van der Waals surface area contributed by atoms with E-state index in [-0.39, 0.29) is 5.91 Å². The molecular formula is C18H23N3O2. The molecule has 0 unspecified atom stereocenters.